The summed E-state index contributed by atoms with van der Waals surface area (Å²) in [5.41, 5.74) is 0.811. The highest BCUT2D eigenvalue weighted by Crippen LogP contribution is 2.23. The highest BCUT2D eigenvalue weighted by Gasteiger charge is 2.28. The minimum absolute atomic E-state index is 0.120. The molecule has 1 N–H and O–H groups in total. The number of rotatable bonds is 8. The van der Waals surface area contributed by atoms with Gasteiger partial charge in [0.15, 0.2) is 0 Å². The van der Waals surface area contributed by atoms with E-state index in [2.05, 4.69) is 5.32 Å². The molecule has 7 heteroatoms. The fourth-order valence-electron chi connectivity index (χ4n) is 2.66. The Hall–Kier alpha value is -1.69. The Morgan fingerprint density at radius 2 is 1.78 bits per heavy atom. The van der Waals surface area contributed by atoms with Crippen molar-refractivity contribution < 1.29 is 9.59 Å². The second-order valence-corrected chi connectivity index (χ2v) is 7.79. The third-order valence-corrected chi connectivity index (χ3v) is 5.72. The van der Waals surface area contributed by atoms with Crippen LogP contribution in [0.1, 0.15) is 18.9 Å². The number of halogens is 2. The molecule has 0 saturated carbocycles. The van der Waals surface area contributed by atoms with Crippen LogP contribution in [0.5, 0.6) is 0 Å². The van der Waals surface area contributed by atoms with E-state index in [1.54, 1.807) is 30.1 Å². The monoisotopic (exact) mass is 424 g/mol. The van der Waals surface area contributed by atoms with Crippen molar-refractivity contribution in [2.75, 3.05) is 12.8 Å². The molecule has 2 aromatic carbocycles. The maximum atomic E-state index is 13.0. The van der Waals surface area contributed by atoms with Gasteiger partial charge in [-0.3, -0.25) is 9.59 Å². The number of likely N-dealkylation sites (N-methyl/N-ethyl adjacent to an activating group) is 1. The van der Waals surface area contributed by atoms with Crippen molar-refractivity contribution >= 4 is 46.8 Å². The van der Waals surface area contributed by atoms with Gasteiger partial charge in [-0.15, -0.1) is 11.8 Å². The van der Waals surface area contributed by atoms with Crippen molar-refractivity contribution in [3.63, 3.8) is 0 Å². The Kier molecular flexibility index (Phi) is 8.48. The SMILES string of the molecule is CC[C@H](C(=O)NC)N(Cc1ccccc1Cl)C(=O)CSc1ccc(Cl)cc1. The van der Waals surface area contributed by atoms with E-state index < -0.39 is 6.04 Å². The predicted molar refractivity (Wildman–Crippen MR) is 112 cm³/mol. The van der Waals surface area contributed by atoms with Gasteiger partial charge in [-0.1, -0.05) is 48.3 Å². The molecule has 2 aromatic rings. The van der Waals surface area contributed by atoms with Crippen molar-refractivity contribution in [3.05, 3.63) is 64.1 Å². The van der Waals surface area contributed by atoms with Crippen LogP contribution in [-0.4, -0.2) is 35.6 Å². The summed E-state index contributed by atoms with van der Waals surface area (Å²) in [5.74, 6) is -0.0840. The average molecular weight is 425 g/mol. The molecule has 0 aliphatic carbocycles. The van der Waals surface area contributed by atoms with Gasteiger partial charge in [-0.05, 0) is 42.3 Å². The number of amides is 2. The number of thioether (sulfide) groups is 1. The fourth-order valence-corrected chi connectivity index (χ4v) is 3.76. The molecule has 0 aliphatic rings. The minimum Gasteiger partial charge on any atom is -0.357 e. The lowest BCUT2D eigenvalue weighted by atomic mass is 10.1. The third kappa shape index (κ3) is 6.16. The number of hydrogen-bond acceptors (Lipinski definition) is 3. The lowest BCUT2D eigenvalue weighted by Gasteiger charge is -2.30. The lowest BCUT2D eigenvalue weighted by molar-refractivity contribution is -0.139. The van der Waals surface area contributed by atoms with Crippen LogP contribution < -0.4 is 5.32 Å². The summed E-state index contributed by atoms with van der Waals surface area (Å²) in [5, 5.41) is 3.87. The third-order valence-electron chi connectivity index (χ3n) is 4.11. The van der Waals surface area contributed by atoms with Gasteiger partial charge in [-0.25, -0.2) is 0 Å². The van der Waals surface area contributed by atoms with Crippen molar-refractivity contribution in [2.45, 2.75) is 30.8 Å². The standard InChI is InChI=1S/C20H22Cl2N2O2S/c1-3-18(20(26)23-2)24(12-14-6-4-5-7-17(14)22)19(25)13-27-16-10-8-15(21)9-11-16/h4-11,18H,3,12-13H2,1-2H3,(H,23,26)/t18-/m1/s1. The Balaban J connectivity index is 2.19. The highest BCUT2D eigenvalue weighted by atomic mass is 35.5. The molecule has 144 valence electrons. The summed E-state index contributed by atoms with van der Waals surface area (Å²) in [4.78, 5) is 27.8. The minimum atomic E-state index is -0.551. The smallest absolute Gasteiger partial charge is 0.242 e. The molecule has 1 atom stereocenters. The first-order valence-electron chi connectivity index (χ1n) is 8.59. The van der Waals surface area contributed by atoms with E-state index in [0.717, 1.165) is 10.5 Å². The van der Waals surface area contributed by atoms with Crippen LogP contribution in [-0.2, 0) is 16.1 Å². The van der Waals surface area contributed by atoms with Gasteiger partial charge in [0.25, 0.3) is 0 Å². The largest absolute Gasteiger partial charge is 0.357 e. The average Bonchev–Trinajstić information content (AvgIpc) is 2.68. The molecule has 0 bridgehead atoms. The van der Waals surface area contributed by atoms with Crippen molar-refractivity contribution in [2.24, 2.45) is 0 Å². The molecule has 0 unspecified atom stereocenters. The molecule has 2 amide bonds. The van der Waals surface area contributed by atoms with Crippen LogP contribution in [0.3, 0.4) is 0 Å². The Morgan fingerprint density at radius 1 is 1.11 bits per heavy atom. The molecule has 27 heavy (non-hydrogen) atoms. The Bertz CT molecular complexity index is 784. The highest BCUT2D eigenvalue weighted by molar-refractivity contribution is 8.00. The van der Waals surface area contributed by atoms with E-state index in [0.29, 0.717) is 16.5 Å². The van der Waals surface area contributed by atoms with Crippen LogP contribution in [0, 0.1) is 0 Å². The van der Waals surface area contributed by atoms with E-state index in [4.69, 9.17) is 23.2 Å². The summed E-state index contributed by atoms with van der Waals surface area (Å²) < 4.78 is 0. The molecule has 0 fully saturated rings. The second kappa shape index (κ2) is 10.6. The van der Waals surface area contributed by atoms with Gasteiger partial charge < -0.3 is 10.2 Å². The van der Waals surface area contributed by atoms with E-state index >= 15 is 0 Å². The first-order chi connectivity index (χ1) is 13.0. The summed E-state index contributed by atoms with van der Waals surface area (Å²) in [6.07, 6.45) is 0.515. The van der Waals surface area contributed by atoms with Crippen LogP contribution >= 0.6 is 35.0 Å². The zero-order valence-corrected chi connectivity index (χ0v) is 17.6. The topological polar surface area (TPSA) is 49.4 Å². The van der Waals surface area contributed by atoms with E-state index in [1.807, 2.05) is 37.3 Å². The number of carbonyl (C=O) groups is 2. The van der Waals surface area contributed by atoms with Gasteiger partial charge in [0.2, 0.25) is 11.8 Å². The molecule has 0 saturated heterocycles. The number of nitrogens with one attached hydrogen (secondary N) is 1. The molecule has 2 rings (SSSR count). The molecule has 4 nitrogen and oxygen atoms in total. The maximum absolute atomic E-state index is 13.0. The number of hydrogen-bond donors (Lipinski definition) is 1. The number of benzene rings is 2. The normalized spacial score (nSPS) is 11.7. The van der Waals surface area contributed by atoms with Gasteiger partial charge in [0, 0.05) is 28.5 Å². The van der Waals surface area contributed by atoms with E-state index in [-0.39, 0.29) is 24.1 Å². The number of carbonyl (C=O) groups excluding carboxylic acids is 2. The predicted octanol–water partition coefficient (Wildman–Crippen LogP) is 4.64. The molecule has 0 spiro atoms. The zero-order valence-electron chi connectivity index (χ0n) is 15.2. The van der Waals surface area contributed by atoms with Crippen LogP contribution in [0.2, 0.25) is 10.0 Å². The lowest BCUT2D eigenvalue weighted by Crippen LogP contribution is -2.48. The maximum Gasteiger partial charge on any atom is 0.242 e. The Labute approximate surface area is 174 Å². The first kappa shape index (κ1) is 21.6. The van der Waals surface area contributed by atoms with Gasteiger partial charge in [-0.2, -0.15) is 0 Å². The molecule has 0 aromatic heterocycles. The molecule has 0 heterocycles. The molecular formula is C20H22Cl2N2O2S. The van der Waals surface area contributed by atoms with E-state index in [9.17, 15) is 9.59 Å². The summed E-state index contributed by atoms with van der Waals surface area (Å²) in [6.45, 7) is 2.17. The van der Waals surface area contributed by atoms with Crippen molar-refractivity contribution in [1.29, 1.82) is 0 Å². The van der Waals surface area contributed by atoms with Crippen molar-refractivity contribution in [1.82, 2.24) is 10.2 Å². The quantitative estimate of drug-likeness (QED) is 0.627. The zero-order chi connectivity index (χ0) is 19.8. The van der Waals surface area contributed by atoms with Gasteiger partial charge >= 0.3 is 0 Å². The summed E-state index contributed by atoms with van der Waals surface area (Å²) >= 11 is 13.6. The first-order valence-corrected chi connectivity index (χ1v) is 10.3. The molecular weight excluding hydrogens is 403 g/mol. The van der Waals surface area contributed by atoms with Gasteiger partial charge in [0.1, 0.15) is 6.04 Å². The van der Waals surface area contributed by atoms with E-state index in [1.165, 1.54) is 11.8 Å². The molecule has 0 radical (unpaired) electrons. The van der Waals surface area contributed by atoms with Crippen LogP contribution in [0.15, 0.2) is 53.4 Å². The molecule has 0 aliphatic heterocycles. The Morgan fingerprint density at radius 3 is 2.37 bits per heavy atom. The summed E-state index contributed by atoms with van der Waals surface area (Å²) in [7, 11) is 1.58. The summed E-state index contributed by atoms with van der Waals surface area (Å²) in [6, 6.07) is 14.1. The van der Waals surface area contributed by atoms with Crippen LogP contribution in [0.4, 0.5) is 0 Å². The van der Waals surface area contributed by atoms with Crippen LogP contribution in [0.25, 0.3) is 0 Å². The number of nitrogens with zero attached hydrogens (tertiary/aromatic N) is 1. The van der Waals surface area contributed by atoms with Gasteiger partial charge in [0.05, 0.1) is 5.75 Å². The fraction of sp³-hybridized carbons (Fsp3) is 0.300. The van der Waals surface area contributed by atoms with Crippen molar-refractivity contribution in [3.8, 4) is 0 Å². The second-order valence-electron chi connectivity index (χ2n) is 5.89.